The van der Waals surface area contributed by atoms with Crippen LogP contribution >= 0.6 is 34.8 Å². The number of anilines is 4. The average molecular weight is 1400 g/mol. The van der Waals surface area contributed by atoms with E-state index in [0.29, 0.717) is 88.9 Å². The zero-order valence-corrected chi connectivity index (χ0v) is 58.3. The van der Waals surface area contributed by atoms with Crippen LogP contribution in [0.5, 0.6) is 0 Å². The molecule has 3 amide bonds. The highest BCUT2D eigenvalue weighted by atomic mass is 35.5. The van der Waals surface area contributed by atoms with Crippen molar-refractivity contribution in [2.45, 2.75) is 86.6 Å². The van der Waals surface area contributed by atoms with Gasteiger partial charge in [0.05, 0.1) is 33.1 Å². The van der Waals surface area contributed by atoms with Crippen molar-refractivity contribution in [3.05, 3.63) is 154 Å². The number of rotatable bonds is 12. The first-order valence-corrected chi connectivity index (χ1v) is 33.5. The van der Waals surface area contributed by atoms with Gasteiger partial charge in [-0.2, -0.15) is 15.3 Å². The number of nitrogen functional groups attached to an aromatic ring is 1. The number of piperazine rings is 3. The number of hydrogen-bond donors (Lipinski definition) is 4. The van der Waals surface area contributed by atoms with Gasteiger partial charge in [-0.3, -0.25) is 14.4 Å². The summed E-state index contributed by atoms with van der Waals surface area (Å²) in [6.45, 7) is 23.4. The second-order valence-corrected chi connectivity index (χ2v) is 26.7. The topological polar surface area (TPSA) is 314 Å². The minimum absolute atomic E-state index is 0.00333. The molecule has 5 N–H and O–H groups in total. The molecule has 15 rings (SSSR count). The number of aromatic nitrogens is 18. The Morgan fingerprint density at radius 1 is 0.495 bits per heavy atom. The van der Waals surface area contributed by atoms with E-state index >= 15 is 0 Å². The summed E-state index contributed by atoms with van der Waals surface area (Å²) >= 11 is 18.5. The highest BCUT2D eigenvalue weighted by Crippen LogP contribution is 2.34. The number of nitrogens with one attached hydrogen (secondary N) is 3. The lowest BCUT2D eigenvalue weighted by Gasteiger charge is -2.48. The molecule has 3 fully saturated rings. The van der Waals surface area contributed by atoms with E-state index in [2.05, 4.69) is 124 Å². The van der Waals surface area contributed by atoms with Crippen molar-refractivity contribution in [1.29, 1.82) is 0 Å². The first kappa shape index (κ1) is 67.0. The Morgan fingerprint density at radius 2 is 0.909 bits per heavy atom. The number of amides is 3. The molecule has 3 aromatic carbocycles. The summed E-state index contributed by atoms with van der Waals surface area (Å²) in [5.41, 5.74) is 17.4. The normalized spacial score (nSPS) is 15.6. The van der Waals surface area contributed by atoms with E-state index in [4.69, 9.17) is 45.6 Å². The lowest BCUT2D eigenvalue weighted by molar-refractivity contribution is -0.138. The van der Waals surface area contributed by atoms with Crippen molar-refractivity contribution in [2.75, 3.05) is 85.9 Å². The van der Waals surface area contributed by atoms with Crippen molar-refractivity contribution in [1.82, 2.24) is 104 Å². The Labute approximate surface area is 584 Å². The molecule has 3 aliphatic rings. The predicted octanol–water partition coefficient (Wildman–Crippen LogP) is 8.95. The molecule has 0 unspecified atom stereocenters. The molecule has 99 heavy (non-hydrogen) atoms. The third-order valence-corrected chi connectivity index (χ3v) is 19.6. The Hall–Kier alpha value is -10.6. The van der Waals surface area contributed by atoms with Gasteiger partial charge in [-0.05, 0) is 127 Å². The number of fused-ring (bicyclic) bond motifs is 3. The van der Waals surface area contributed by atoms with Crippen LogP contribution in [0.25, 0.3) is 67.7 Å². The fourth-order valence-corrected chi connectivity index (χ4v) is 13.5. The zero-order chi connectivity index (χ0) is 69.4. The Bertz CT molecular complexity index is 4920. The summed E-state index contributed by atoms with van der Waals surface area (Å²) in [6, 6.07) is 18.2. The molecule has 3 saturated heterocycles. The number of nitrogens with zero attached hydrogens (tertiary/aromatic N) is 21. The van der Waals surface area contributed by atoms with Gasteiger partial charge in [0.25, 0.3) is 0 Å². The van der Waals surface area contributed by atoms with Crippen molar-refractivity contribution in [3.63, 3.8) is 0 Å². The van der Waals surface area contributed by atoms with Crippen molar-refractivity contribution >= 4 is 109 Å². The van der Waals surface area contributed by atoms with E-state index in [9.17, 15) is 14.4 Å². The van der Waals surface area contributed by atoms with E-state index in [1.807, 2.05) is 85.7 Å². The van der Waals surface area contributed by atoms with Crippen LogP contribution in [0, 0.1) is 34.6 Å². The van der Waals surface area contributed by atoms with Gasteiger partial charge in [-0.1, -0.05) is 34.8 Å². The molecule has 0 aliphatic carbocycles. The molecule has 9 aromatic heterocycles. The van der Waals surface area contributed by atoms with Crippen LogP contribution in [0.3, 0.4) is 0 Å². The van der Waals surface area contributed by atoms with Gasteiger partial charge in [0.2, 0.25) is 17.7 Å². The Kier molecular flexibility index (Phi) is 19.0. The number of aryl methyl sites for hydroxylation is 5. The number of H-pyrrole nitrogens is 3. The minimum Gasteiger partial charge on any atom is -0.383 e. The standard InChI is InChI=1S/C24H27ClN8O.C22H24ClN9O.C22H23ClN8O/c1-15-11-17(5-6-18(15)25)31-9-10-32(24(3,4)13-31)19(34)12-33-23-20(16(2)28-14-29-23)21(30-33)22-26-7-8-27-22;1-13-9-15(3-4-16(13)23)30-7-8-31(14(2)10-30)17(33)11-32-22-18(20(24)27-12-28-22)19(29-32)21-25-5-6-26-21;1-14-11-16(3-4-17(14)23)29-7-9-30(10-8-29)18(32)12-31-22-19(15(2)26-13-27-22)20(28-31)21-24-5-6-25-21/h5-8,11,14H,9-10,12-13H2,1-4H3,(H,26,27);3-6,9,12,14H,7-8,10-11H2,1-2H3,(H,25,26)(H2,24,27,28);3-6,11,13H,7-10,12H2,1-2H3,(H,24,25)/t;14-;/m.0./s1. The van der Waals surface area contributed by atoms with E-state index < -0.39 is 0 Å². The van der Waals surface area contributed by atoms with Crippen molar-refractivity contribution in [2.24, 2.45) is 0 Å². The average Bonchev–Trinajstić information content (AvgIpc) is 1.77. The molecule has 0 saturated carbocycles. The minimum atomic E-state index is -0.361. The summed E-state index contributed by atoms with van der Waals surface area (Å²) in [5, 5.41) is 18.4. The van der Waals surface area contributed by atoms with Gasteiger partial charge in [0.15, 0.2) is 34.4 Å². The van der Waals surface area contributed by atoms with Gasteiger partial charge in [0, 0.05) is 141 Å². The maximum absolute atomic E-state index is 13.5. The quantitative estimate of drug-likeness (QED) is 0.0886. The SMILES string of the molecule is Cc1cc(N2CCN(C(=O)Cn3nc(-c4ncc[nH]4)c4c(C)ncnc43)C(C)(C)C2)ccc1Cl.Cc1cc(N2CCN(C(=O)Cn3nc(-c4ncc[nH]4)c4c(C)ncnc43)CC2)ccc1Cl.Cc1cc(N2CCN(C(=O)Cn3nc(-c4ncc[nH]4)c4c(N)ncnc43)[C@@H](C)C2)ccc1Cl. The number of hydrogen-bond acceptors (Lipinski definition) is 19. The van der Waals surface area contributed by atoms with Gasteiger partial charge < -0.3 is 50.1 Å². The van der Waals surface area contributed by atoms with E-state index in [1.54, 1.807) is 51.2 Å². The van der Waals surface area contributed by atoms with E-state index in [-0.39, 0.29) is 48.9 Å². The molecule has 510 valence electrons. The second kappa shape index (κ2) is 28.1. The highest BCUT2D eigenvalue weighted by molar-refractivity contribution is 6.32. The molecule has 12 heterocycles. The van der Waals surface area contributed by atoms with Crippen LogP contribution in [0.4, 0.5) is 22.9 Å². The first-order chi connectivity index (χ1) is 47.7. The smallest absolute Gasteiger partial charge is 0.244 e. The summed E-state index contributed by atoms with van der Waals surface area (Å²) in [5.74, 6) is 2.10. The summed E-state index contributed by atoms with van der Waals surface area (Å²) in [4.78, 5) is 100. The second-order valence-electron chi connectivity index (χ2n) is 25.4. The van der Waals surface area contributed by atoms with Crippen LogP contribution in [-0.4, -0.2) is 199 Å². The molecule has 0 radical (unpaired) electrons. The number of carbonyl (C=O) groups excluding carboxylic acids is 3. The largest absolute Gasteiger partial charge is 0.383 e. The number of nitrogens with two attached hydrogens (primary N) is 1. The van der Waals surface area contributed by atoms with Gasteiger partial charge in [-0.15, -0.1) is 0 Å². The molecular weight excluding hydrogens is 1320 g/mol. The summed E-state index contributed by atoms with van der Waals surface area (Å²) in [6.07, 6.45) is 14.6. The molecule has 28 nitrogen and oxygen atoms in total. The maximum Gasteiger partial charge on any atom is 0.244 e. The molecule has 12 aromatic rings. The number of halogens is 3. The summed E-state index contributed by atoms with van der Waals surface area (Å²) in [7, 11) is 0. The van der Waals surface area contributed by atoms with Crippen LogP contribution < -0.4 is 20.4 Å². The van der Waals surface area contributed by atoms with Gasteiger partial charge >= 0.3 is 0 Å². The van der Waals surface area contributed by atoms with Crippen LogP contribution in [-0.2, 0) is 34.0 Å². The number of benzene rings is 3. The first-order valence-electron chi connectivity index (χ1n) is 32.4. The Balaban J connectivity index is 0.000000133. The molecule has 0 bridgehead atoms. The lowest BCUT2D eigenvalue weighted by Crippen LogP contribution is -2.61. The monoisotopic (exact) mass is 1390 g/mol. The van der Waals surface area contributed by atoms with Crippen molar-refractivity contribution in [3.8, 4) is 34.6 Å². The third-order valence-electron chi connectivity index (χ3n) is 18.3. The number of carbonyl (C=O) groups is 3. The van der Waals surface area contributed by atoms with Crippen LogP contribution in [0.2, 0.25) is 15.1 Å². The highest BCUT2D eigenvalue weighted by Gasteiger charge is 2.38. The van der Waals surface area contributed by atoms with Crippen molar-refractivity contribution < 1.29 is 14.4 Å². The van der Waals surface area contributed by atoms with Gasteiger partial charge in [0.1, 0.15) is 61.5 Å². The molecule has 0 spiro atoms. The van der Waals surface area contributed by atoms with Gasteiger partial charge in [-0.25, -0.2) is 58.9 Å². The lowest BCUT2D eigenvalue weighted by atomic mass is 9.97. The molecule has 31 heteroatoms. The zero-order valence-electron chi connectivity index (χ0n) is 56.0. The molecular formula is C68H74Cl3N25O3. The number of aromatic amines is 3. The fourth-order valence-electron chi connectivity index (χ4n) is 13.1. The van der Waals surface area contributed by atoms with E-state index in [1.165, 1.54) is 19.0 Å². The maximum atomic E-state index is 13.5. The summed E-state index contributed by atoms with van der Waals surface area (Å²) < 4.78 is 4.89. The predicted molar refractivity (Wildman–Crippen MR) is 381 cm³/mol. The van der Waals surface area contributed by atoms with E-state index in [0.717, 1.165) is 110 Å². The van der Waals surface area contributed by atoms with Crippen LogP contribution in [0.15, 0.2) is 111 Å². The third kappa shape index (κ3) is 13.9. The Morgan fingerprint density at radius 3 is 1.36 bits per heavy atom. The molecule has 1 atom stereocenters. The fraction of sp³-hybridized carbons (Fsp3) is 0.338. The number of imidazole rings is 3. The van der Waals surface area contributed by atoms with Crippen LogP contribution in [0.1, 0.15) is 48.8 Å². The molecule has 3 aliphatic heterocycles.